The van der Waals surface area contributed by atoms with Crippen molar-refractivity contribution in [3.63, 3.8) is 0 Å². The number of hydrogen-bond acceptors (Lipinski definition) is 7. The Balaban J connectivity index is 1.31. The second kappa shape index (κ2) is 15.4. The molecule has 0 atom stereocenters. The summed E-state index contributed by atoms with van der Waals surface area (Å²) in [5.74, 6) is 0.882. The van der Waals surface area contributed by atoms with Gasteiger partial charge in [-0.25, -0.2) is 0 Å². The van der Waals surface area contributed by atoms with E-state index < -0.39 is 0 Å². The summed E-state index contributed by atoms with van der Waals surface area (Å²) in [7, 11) is 0. The van der Waals surface area contributed by atoms with Crippen molar-refractivity contribution in [1.29, 1.82) is 10.5 Å². The van der Waals surface area contributed by atoms with Crippen molar-refractivity contribution in [2.24, 2.45) is 0 Å². The van der Waals surface area contributed by atoms with Crippen LogP contribution in [0.5, 0.6) is 0 Å². The number of allylic oxidation sites excluding steroid dienone is 2. The lowest BCUT2D eigenvalue weighted by Gasteiger charge is -2.27. The van der Waals surface area contributed by atoms with Crippen LogP contribution in [-0.4, -0.2) is 0 Å². The average Bonchev–Trinajstić information content (AvgIpc) is 3.94. The molecule has 276 valence electrons. The van der Waals surface area contributed by atoms with Crippen molar-refractivity contribution >= 4 is 94.7 Å². The van der Waals surface area contributed by atoms with Gasteiger partial charge in [0.2, 0.25) is 0 Å². The van der Waals surface area contributed by atoms with Crippen LogP contribution >= 0.6 is 45.3 Å². The molecule has 3 aromatic carbocycles. The maximum atomic E-state index is 9.56. The molecule has 55 heavy (non-hydrogen) atoms. The van der Waals surface area contributed by atoms with Gasteiger partial charge in [0.1, 0.15) is 0 Å². The summed E-state index contributed by atoms with van der Waals surface area (Å²) in [4.78, 5) is 9.85. The SMILES string of the molecule is C/C(C#N)=C/c1sc(-c2ccc(N(c3ccc(-c4sc(/C=C(/C)C#N)c5cc(C(C)C)sc45)cc3)c3ccc(C(C)(C)C)cc3)cc2)c2sc(C(C)C)cc12. The summed E-state index contributed by atoms with van der Waals surface area (Å²) in [5.41, 5.74) is 8.41. The summed E-state index contributed by atoms with van der Waals surface area (Å²) in [5, 5.41) is 21.6. The zero-order valence-corrected chi connectivity index (χ0v) is 36.1. The van der Waals surface area contributed by atoms with Gasteiger partial charge in [0.05, 0.1) is 31.3 Å². The van der Waals surface area contributed by atoms with Crippen LogP contribution in [0.25, 0.3) is 53.2 Å². The Labute approximate surface area is 341 Å². The highest BCUT2D eigenvalue weighted by Gasteiger charge is 2.21. The lowest BCUT2D eigenvalue weighted by atomic mass is 9.87. The molecule has 0 saturated heterocycles. The summed E-state index contributed by atoms with van der Waals surface area (Å²) in [6, 6.07) is 36.1. The Hall–Kier alpha value is -4.76. The quantitative estimate of drug-likeness (QED) is 0.137. The predicted octanol–water partition coefficient (Wildman–Crippen LogP) is 16.4. The number of hydrogen-bond donors (Lipinski definition) is 0. The Morgan fingerprint density at radius 1 is 0.582 bits per heavy atom. The van der Waals surface area contributed by atoms with Crippen molar-refractivity contribution in [2.75, 3.05) is 4.90 Å². The van der Waals surface area contributed by atoms with Gasteiger partial charge >= 0.3 is 0 Å². The van der Waals surface area contributed by atoms with Crippen molar-refractivity contribution in [2.45, 2.75) is 79.6 Å². The van der Waals surface area contributed by atoms with Crippen LogP contribution in [0.15, 0.2) is 96.1 Å². The standard InChI is InChI=1S/C48H45N3S4/c1-28(2)40-24-38-42(22-30(5)26-49)54-44(46(38)52-40)32-10-16-35(17-11-32)51(37-20-14-34(15-21-37)48(7,8)9)36-18-12-33(13-19-36)45-47-39(25-41(53-47)29(3)4)43(55-45)23-31(6)27-50/h10-25,28-29H,1-9H3/b30-22-,31-23-. The molecule has 0 aliphatic heterocycles. The number of benzene rings is 3. The molecule has 0 fully saturated rings. The Kier molecular flexibility index (Phi) is 10.8. The Morgan fingerprint density at radius 3 is 1.27 bits per heavy atom. The molecule has 0 N–H and O–H groups in total. The molecule has 7 heteroatoms. The number of nitrogens with zero attached hydrogens (tertiary/aromatic N) is 3. The number of thiophene rings is 4. The molecule has 0 amide bonds. The van der Waals surface area contributed by atoms with Gasteiger partial charge < -0.3 is 4.90 Å². The average molecular weight is 792 g/mol. The van der Waals surface area contributed by atoms with E-state index in [1.54, 1.807) is 22.7 Å². The van der Waals surface area contributed by atoms with E-state index in [0.29, 0.717) is 23.0 Å². The van der Waals surface area contributed by atoms with E-state index in [2.05, 4.69) is 150 Å². The van der Waals surface area contributed by atoms with Crippen LogP contribution in [0.2, 0.25) is 0 Å². The molecule has 0 aliphatic rings. The molecule has 4 aromatic heterocycles. The van der Waals surface area contributed by atoms with Gasteiger partial charge in [0.15, 0.2) is 0 Å². The second-order valence-electron chi connectivity index (χ2n) is 15.8. The van der Waals surface area contributed by atoms with Crippen LogP contribution < -0.4 is 4.90 Å². The van der Waals surface area contributed by atoms with Gasteiger partial charge in [-0.3, -0.25) is 0 Å². The third-order valence-corrected chi connectivity index (χ3v) is 15.4. The Morgan fingerprint density at radius 2 is 0.945 bits per heavy atom. The van der Waals surface area contributed by atoms with Crippen molar-refractivity contribution in [1.82, 2.24) is 0 Å². The second-order valence-corrected chi connectivity index (χ2v) is 20.1. The number of rotatable bonds is 9. The maximum Gasteiger partial charge on any atom is 0.0944 e. The van der Waals surface area contributed by atoms with Gasteiger partial charge in [0, 0.05) is 58.5 Å². The fourth-order valence-corrected chi connectivity index (χ4v) is 11.9. The monoisotopic (exact) mass is 791 g/mol. The number of anilines is 3. The van der Waals surface area contributed by atoms with Gasteiger partial charge in [-0.05, 0) is 108 Å². The fraction of sp³-hybridized carbons (Fsp3) is 0.250. The van der Waals surface area contributed by atoms with E-state index in [4.69, 9.17) is 0 Å². The van der Waals surface area contributed by atoms with E-state index in [9.17, 15) is 10.5 Å². The highest BCUT2D eigenvalue weighted by atomic mass is 32.1. The molecule has 0 radical (unpaired) electrons. The van der Waals surface area contributed by atoms with E-state index in [1.807, 2.05) is 48.7 Å². The zero-order valence-electron chi connectivity index (χ0n) is 32.9. The lowest BCUT2D eigenvalue weighted by molar-refractivity contribution is 0.590. The van der Waals surface area contributed by atoms with Crippen LogP contribution in [0, 0.1) is 22.7 Å². The molecular formula is C48H45N3S4. The van der Waals surface area contributed by atoms with Gasteiger partial charge in [-0.1, -0.05) is 84.9 Å². The normalized spacial score (nSPS) is 12.6. The molecule has 0 unspecified atom stereocenters. The third-order valence-electron chi connectivity index (χ3n) is 9.82. The smallest absolute Gasteiger partial charge is 0.0944 e. The summed E-state index contributed by atoms with van der Waals surface area (Å²) in [6.45, 7) is 19.5. The molecular weight excluding hydrogens is 747 g/mol. The summed E-state index contributed by atoms with van der Waals surface area (Å²) < 4.78 is 2.58. The van der Waals surface area contributed by atoms with Gasteiger partial charge in [0.25, 0.3) is 0 Å². The van der Waals surface area contributed by atoms with Crippen molar-refractivity contribution in [3.05, 3.63) is 121 Å². The molecule has 0 aliphatic carbocycles. The lowest BCUT2D eigenvalue weighted by Crippen LogP contribution is -2.13. The highest BCUT2D eigenvalue weighted by Crippen LogP contribution is 2.48. The van der Waals surface area contributed by atoms with Gasteiger partial charge in [-0.2, -0.15) is 10.5 Å². The first-order chi connectivity index (χ1) is 26.2. The molecule has 7 rings (SSSR count). The minimum Gasteiger partial charge on any atom is -0.311 e. The van der Waals surface area contributed by atoms with Gasteiger partial charge in [-0.15, -0.1) is 45.3 Å². The minimum absolute atomic E-state index is 0.0544. The van der Waals surface area contributed by atoms with Crippen LogP contribution in [0.4, 0.5) is 17.1 Å². The maximum absolute atomic E-state index is 9.56. The highest BCUT2D eigenvalue weighted by molar-refractivity contribution is 7.28. The fourth-order valence-electron chi connectivity index (χ4n) is 6.65. The number of fused-ring (bicyclic) bond motifs is 2. The largest absolute Gasteiger partial charge is 0.311 e. The Bertz CT molecular complexity index is 2490. The molecule has 0 saturated carbocycles. The zero-order chi connectivity index (χ0) is 39.2. The molecule has 0 spiro atoms. The van der Waals surface area contributed by atoms with E-state index >= 15 is 0 Å². The van der Waals surface area contributed by atoms with Crippen molar-refractivity contribution in [3.8, 4) is 33.0 Å². The van der Waals surface area contributed by atoms with Crippen LogP contribution in [0.1, 0.15) is 99.2 Å². The van der Waals surface area contributed by atoms with E-state index in [-0.39, 0.29) is 5.41 Å². The first-order valence-corrected chi connectivity index (χ1v) is 21.9. The summed E-state index contributed by atoms with van der Waals surface area (Å²) >= 11 is 7.28. The molecule has 0 bridgehead atoms. The molecule has 7 aromatic rings. The first-order valence-electron chi connectivity index (χ1n) is 18.7. The molecule has 3 nitrogen and oxygen atoms in total. The van der Waals surface area contributed by atoms with E-state index in [1.165, 1.54) is 56.4 Å². The minimum atomic E-state index is 0.0544. The predicted molar refractivity (Wildman–Crippen MR) is 244 cm³/mol. The molecule has 4 heterocycles. The number of nitriles is 2. The van der Waals surface area contributed by atoms with Crippen LogP contribution in [0.3, 0.4) is 0 Å². The topological polar surface area (TPSA) is 50.8 Å². The van der Waals surface area contributed by atoms with Crippen molar-refractivity contribution < 1.29 is 0 Å². The first kappa shape index (κ1) is 38.5. The summed E-state index contributed by atoms with van der Waals surface area (Å²) in [6.07, 6.45) is 4.06. The van der Waals surface area contributed by atoms with Crippen LogP contribution in [-0.2, 0) is 5.41 Å². The van der Waals surface area contributed by atoms with E-state index in [0.717, 1.165) is 26.8 Å². The third kappa shape index (κ3) is 7.73.